The second-order valence-electron chi connectivity index (χ2n) is 4.23. The van der Waals surface area contributed by atoms with Crippen molar-refractivity contribution in [2.45, 2.75) is 25.5 Å². The van der Waals surface area contributed by atoms with E-state index in [1.165, 1.54) is 18.7 Å². The summed E-state index contributed by atoms with van der Waals surface area (Å²) in [6.45, 7) is 4.04. The maximum absolute atomic E-state index is 11.9. The lowest BCUT2D eigenvalue weighted by Gasteiger charge is -2.16. The van der Waals surface area contributed by atoms with Gasteiger partial charge in [0.25, 0.3) is 0 Å². The average molecular weight is 329 g/mol. The molecule has 0 bridgehead atoms. The predicted octanol–water partition coefficient (Wildman–Crippen LogP) is 2.54. The van der Waals surface area contributed by atoms with Gasteiger partial charge in [0, 0.05) is 35.8 Å². The Morgan fingerprint density at radius 3 is 2.94 bits per heavy atom. The molecule has 0 N–H and O–H groups in total. The minimum atomic E-state index is 0.0305. The Morgan fingerprint density at radius 1 is 1.61 bits per heavy atom. The lowest BCUT2D eigenvalue weighted by atomic mass is 10.3. The molecule has 1 aliphatic heterocycles. The number of nitrogens with zero attached hydrogens (tertiary/aromatic N) is 2. The van der Waals surface area contributed by atoms with Crippen LogP contribution < -0.4 is 4.90 Å². The van der Waals surface area contributed by atoms with E-state index in [0.29, 0.717) is 18.8 Å². The largest absolute Gasteiger partial charge is 0.296 e. The summed E-state index contributed by atoms with van der Waals surface area (Å²) in [5, 5.41) is 0.0929. The maximum atomic E-state index is 11.9. The highest BCUT2D eigenvalue weighted by Crippen LogP contribution is 2.29. The number of aryl methyl sites for hydroxylation is 1. The van der Waals surface area contributed by atoms with Gasteiger partial charge in [0.15, 0.2) is 5.12 Å². The zero-order valence-corrected chi connectivity index (χ0v) is 12.5. The third-order valence-electron chi connectivity index (χ3n) is 2.73. The number of hydrogen-bond acceptors (Lipinski definition) is 4. The Morgan fingerprint density at radius 2 is 2.33 bits per heavy atom. The van der Waals surface area contributed by atoms with Gasteiger partial charge in [-0.1, -0.05) is 11.8 Å². The third-order valence-corrected chi connectivity index (χ3v) is 4.54. The number of thioether (sulfide) groups is 1. The van der Waals surface area contributed by atoms with E-state index in [1.54, 1.807) is 11.1 Å². The molecule has 2 rings (SSSR count). The molecule has 2 heterocycles. The van der Waals surface area contributed by atoms with Crippen molar-refractivity contribution in [1.82, 2.24) is 4.98 Å². The number of aromatic nitrogens is 1. The first-order chi connectivity index (χ1) is 8.47. The SMILES string of the molecule is CC(=O)SC1CC(=O)N(c2cc(C)c(Br)cn2)C1. The van der Waals surface area contributed by atoms with Gasteiger partial charge in [0.05, 0.1) is 0 Å². The zero-order chi connectivity index (χ0) is 13.3. The van der Waals surface area contributed by atoms with Crippen LogP contribution in [0.1, 0.15) is 18.9 Å². The first kappa shape index (κ1) is 13.5. The average Bonchev–Trinajstić information content (AvgIpc) is 2.62. The van der Waals surface area contributed by atoms with Crippen LogP contribution in [-0.4, -0.2) is 27.8 Å². The van der Waals surface area contributed by atoms with Crippen LogP contribution in [0.25, 0.3) is 0 Å². The summed E-state index contributed by atoms with van der Waals surface area (Å²) in [4.78, 5) is 28.9. The van der Waals surface area contributed by atoms with E-state index in [4.69, 9.17) is 0 Å². The highest BCUT2D eigenvalue weighted by Gasteiger charge is 2.32. The topological polar surface area (TPSA) is 50.3 Å². The van der Waals surface area contributed by atoms with Gasteiger partial charge in [-0.3, -0.25) is 14.5 Å². The number of hydrogen-bond donors (Lipinski definition) is 0. The molecular formula is C12H13BrN2O2S. The third kappa shape index (κ3) is 2.92. The molecule has 1 atom stereocenters. The fourth-order valence-corrected chi connectivity index (χ4v) is 3.02. The second kappa shape index (κ2) is 5.40. The number of halogens is 1. The molecule has 1 aromatic heterocycles. The quantitative estimate of drug-likeness (QED) is 0.837. The van der Waals surface area contributed by atoms with Gasteiger partial charge in [-0.05, 0) is 34.5 Å². The summed E-state index contributed by atoms with van der Waals surface area (Å²) in [6, 6.07) is 1.88. The Kier molecular flexibility index (Phi) is 4.07. The zero-order valence-electron chi connectivity index (χ0n) is 10.1. The number of anilines is 1. The standard InChI is InChI=1S/C12H13BrN2O2S/c1-7-3-11(14-5-10(7)13)15-6-9(4-12(15)17)18-8(2)16/h3,5,9H,4,6H2,1-2H3. The van der Waals surface area contributed by atoms with E-state index >= 15 is 0 Å². The number of pyridine rings is 1. The Hall–Kier alpha value is -0.880. The Balaban J connectivity index is 2.16. The molecule has 1 aromatic rings. The molecule has 1 amide bonds. The van der Waals surface area contributed by atoms with Crippen LogP contribution in [-0.2, 0) is 9.59 Å². The molecule has 0 spiro atoms. The molecule has 1 fully saturated rings. The summed E-state index contributed by atoms with van der Waals surface area (Å²) in [6.07, 6.45) is 2.10. The highest BCUT2D eigenvalue weighted by molar-refractivity contribution is 9.10. The molecule has 96 valence electrons. The molecule has 0 radical (unpaired) electrons. The minimum Gasteiger partial charge on any atom is -0.296 e. The Labute approximate surface area is 118 Å². The maximum Gasteiger partial charge on any atom is 0.229 e. The monoisotopic (exact) mass is 328 g/mol. The van der Waals surface area contributed by atoms with Crippen molar-refractivity contribution in [3.8, 4) is 0 Å². The van der Waals surface area contributed by atoms with Crippen molar-refractivity contribution in [2.24, 2.45) is 0 Å². The molecule has 4 nitrogen and oxygen atoms in total. The van der Waals surface area contributed by atoms with E-state index in [1.807, 2.05) is 13.0 Å². The second-order valence-corrected chi connectivity index (χ2v) is 6.56. The molecule has 0 aliphatic carbocycles. The van der Waals surface area contributed by atoms with Crippen molar-refractivity contribution in [3.05, 3.63) is 22.3 Å². The van der Waals surface area contributed by atoms with Crippen LogP contribution in [0, 0.1) is 6.92 Å². The number of carbonyl (C=O) groups excluding carboxylic acids is 2. The first-order valence-electron chi connectivity index (χ1n) is 5.57. The molecule has 1 aliphatic rings. The van der Waals surface area contributed by atoms with E-state index in [9.17, 15) is 9.59 Å². The summed E-state index contributed by atoms with van der Waals surface area (Å²) in [5.41, 5.74) is 1.04. The van der Waals surface area contributed by atoms with Crippen LogP contribution in [0.15, 0.2) is 16.7 Å². The summed E-state index contributed by atoms with van der Waals surface area (Å²) < 4.78 is 0.924. The smallest absolute Gasteiger partial charge is 0.229 e. The van der Waals surface area contributed by atoms with Crippen molar-refractivity contribution in [2.75, 3.05) is 11.4 Å². The van der Waals surface area contributed by atoms with Crippen LogP contribution in [0.4, 0.5) is 5.82 Å². The van der Waals surface area contributed by atoms with E-state index in [0.717, 1.165) is 10.0 Å². The minimum absolute atomic E-state index is 0.0305. The first-order valence-corrected chi connectivity index (χ1v) is 7.24. The van der Waals surface area contributed by atoms with Crippen LogP contribution in [0.5, 0.6) is 0 Å². The van der Waals surface area contributed by atoms with Crippen LogP contribution in [0.2, 0.25) is 0 Å². The molecule has 0 aromatic carbocycles. The van der Waals surface area contributed by atoms with Crippen LogP contribution in [0.3, 0.4) is 0 Å². The van der Waals surface area contributed by atoms with Gasteiger partial charge in [0.2, 0.25) is 5.91 Å². The van der Waals surface area contributed by atoms with Gasteiger partial charge >= 0.3 is 0 Å². The van der Waals surface area contributed by atoms with Crippen molar-refractivity contribution < 1.29 is 9.59 Å². The summed E-state index contributed by atoms with van der Waals surface area (Å²) >= 11 is 4.62. The molecule has 6 heteroatoms. The van der Waals surface area contributed by atoms with Gasteiger partial charge in [0.1, 0.15) is 5.82 Å². The van der Waals surface area contributed by atoms with Crippen LogP contribution >= 0.6 is 27.7 Å². The number of rotatable bonds is 2. The van der Waals surface area contributed by atoms with Gasteiger partial charge in [-0.2, -0.15) is 0 Å². The van der Waals surface area contributed by atoms with E-state index < -0.39 is 0 Å². The molecule has 18 heavy (non-hydrogen) atoms. The number of amides is 1. The predicted molar refractivity (Wildman–Crippen MR) is 75.7 cm³/mol. The molecule has 0 saturated carbocycles. The summed E-state index contributed by atoms with van der Waals surface area (Å²) in [7, 11) is 0. The molecule has 1 unspecified atom stereocenters. The highest BCUT2D eigenvalue weighted by atomic mass is 79.9. The lowest BCUT2D eigenvalue weighted by Crippen LogP contribution is -2.26. The fourth-order valence-electron chi connectivity index (χ4n) is 1.88. The van der Waals surface area contributed by atoms with Crippen molar-refractivity contribution in [1.29, 1.82) is 0 Å². The van der Waals surface area contributed by atoms with Crippen molar-refractivity contribution in [3.63, 3.8) is 0 Å². The summed E-state index contributed by atoms with van der Waals surface area (Å²) in [5.74, 6) is 0.690. The molecular weight excluding hydrogens is 316 g/mol. The number of carbonyl (C=O) groups is 2. The van der Waals surface area contributed by atoms with Gasteiger partial charge in [-0.25, -0.2) is 4.98 Å². The van der Waals surface area contributed by atoms with Gasteiger partial charge < -0.3 is 0 Å². The van der Waals surface area contributed by atoms with E-state index in [2.05, 4.69) is 20.9 Å². The lowest BCUT2D eigenvalue weighted by molar-refractivity contribution is -0.117. The normalized spacial score (nSPS) is 19.4. The fraction of sp³-hybridized carbons (Fsp3) is 0.417. The van der Waals surface area contributed by atoms with E-state index in [-0.39, 0.29) is 16.3 Å². The molecule has 1 saturated heterocycles. The van der Waals surface area contributed by atoms with Crippen molar-refractivity contribution >= 4 is 44.5 Å². The van der Waals surface area contributed by atoms with Gasteiger partial charge in [-0.15, -0.1) is 0 Å². The Bertz CT molecular complexity index is 507.